The van der Waals surface area contributed by atoms with Gasteiger partial charge in [-0.25, -0.2) is 9.59 Å². The van der Waals surface area contributed by atoms with E-state index in [0.717, 1.165) is 0 Å². The lowest BCUT2D eigenvalue weighted by atomic mass is 9.33. The maximum atomic E-state index is 16.9. The van der Waals surface area contributed by atoms with E-state index in [2.05, 4.69) is 33.1 Å². The van der Waals surface area contributed by atoms with Crippen molar-refractivity contribution >= 4 is 17.9 Å². The molecule has 9 aliphatic heterocycles. The topological polar surface area (TPSA) is 762 Å². The summed E-state index contributed by atoms with van der Waals surface area (Å²) in [5.41, 5.74) is -8.94. The van der Waals surface area contributed by atoms with Crippen LogP contribution in [0, 0.1) is 50.2 Å². The van der Waals surface area contributed by atoms with Crippen molar-refractivity contribution in [3.63, 3.8) is 0 Å². The van der Waals surface area contributed by atoms with Crippen molar-refractivity contribution in [1.29, 1.82) is 0 Å². The predicted octanol–water partition coefficient (Wildman–Crippen LogP) is -6.57. The average molecular weight is 2160 g/mol. The van der Waals surface area contributed by atoms with E-state index >= 15 is 9.59 Å². The third-order valence-corrected chi connectivity index (χ3v) is 35.3. The summed E-state index contributed by atoms with van der Waals surface area (Å²) < 4.78 is 122. The summed E-state index contributed by atoms with van der Waals surface area (Å²) in [7, 11) is 0. The molecule has 49 nitrogen and oxygen atoms in total. The maximum Gasteiger partial charge on any atom is 0.336 e. The molecule has 54 atom stereocenters. The molecule has 54 unspecified atom stereocenters. The zero-order valence-corrected chi connectivity index (χ0v) is 86.5. The number of esters is 3. The molecular weight excluding hydrogens is 2000 g/mol. The van der Waals surface area contributed by atoms with Crippen molar-refractivity contribution < 1.29 is 242 Å². The second-order valence-electron chi connectivity index (χ2n) is 45.7. The molecule has 26 N–H and O–H groups in total. The lowest BCUT2D eigenvalue weighted by Gasteiger charge is -2.72. The van der Waals surface area contributed by atoms with Gasteiger partial charge in [0.25, 0.3) is 0 Å². The lowest BCUT2D eigenvalue weighted by Crippen LogP contribution is -2.70. The smallest absolute Gasteiger partial charge is 0.336 e. The number of hydrogen-bond donors (Lipinski definition) is 26. The Hall–Kier alpha value is -4.61. The van der Waals surface area contributed by atoms with E-state index in [1.165, 1.54) is 52.0 Å². The number of aliphatic hydroxyl groups is 26. The lowest BCUT2D eigenvalue weighted by molar-refractivity contribution is -0.390. The van der Waals surface area contributed by atoms with Crippen LogP contribution in [0.2, 0.25) is 0 Å². The maximum absolute atomic E-state index is 16.9. The average Bonchev–Trinajstić information content (AvgIpc) is 0.699. The fourth-order valence-corrected chi connectivity index (χ4v) is 25.4. The fourth-order valence-electron chi connectivity index (χ4n) is 25.4. The second kappa shape index (κ2) is 47.7. The molecule has 0 spiro atoms. The van der Waals surface area contributed by atoms with Gasteiger partial charge in [-0.3, -0.25) is 4.79 Å². The van der Waals surface area contributed by atoms with Crippen LogP contribution in [-0.2, 0) is 109 Å². The van der Waals surface area contributed by atoms with E-state index in [1.807, 2.05) is 20.8 Å². The van der Waals surface area contributed by atoms with Gasteiger partial charge < -0.3 is 228 Å². The van der Waals surface area contributed by atoms with Crippen molar-refractivity contribution in [3.05, 3.63) is 60.3 Å². The SMILES string of the molecule is C=CC(C)(CCC=C(C)C(=O)OC1C(OC(C)(C=C)CCC=C(CO)C(=O)OC2CC3(C(=O)OC4OC(CO)C(O)C(O)C4OC4OC(C)C(OC5OC(CO)C(O)C5O)C(OC5OC(CO)C(O)C(O)C5O)C4O)C(O)CC4(C)C(=CCC5C6(C)CCC(OC7OC(COC8OCC(O)C(O)C8OC8OCC(O)C(O)C8O)C(O)C(O)C7O)C(C)(C)C6CCC54C)C3CC2(C)C)OC(C)C(O)C1O)OC1OC(C)C(O)C(O)C1O. The van der Waals surface area contributed by atoms with Crippen molar-refractivity contribution in [3.8, 4) is 0 Å². The van der Waals surface area contributed by atoms with Crippen molar-refractivity contribution in [2.75, 3.05) is 46.2 Å². The molecule has 0 amide bonds. The standard InChI is InChI=1S/C101H160O49/c1-16-96(11,149-89-75(126)66(117)58(109)41(4)134-89)26-18-20-40(3)82(128)143-81-69(120)59(110)42(5)135-92(81)150-97(12,17-2)27-19-21-44(33-102)83(129)141-57-32-101(93(130)148-91-80(70(121)63(114)50(35-104)139-91)147-88-76(127)78(145-87-74(125)67(118)62(113)49(34-103)137-87)77(43(6)136-88)144-86-72(123)64(115)51(36-105)138-86)46(30-94(57,7)8)45-22-23-54-98(13)28-25-56(95(9,10)53(98)24-29-99(54,14)100(45,15)31-55(101)108)142-85-73(124)68(119)65(116)52(140-85)39-133-90-79(61(112)48(107)38-132-90)146-84-71(122)60(111)47(106)37-131-84/h16-17,20-22,41-43,46-81,84-92,102-127H,1-2,18-19,23-39H2,3-15H3. The van der Waals surface area contributed by atoms with Crippen LogP contribution in [0.4, 0.5) is 0 Å². The summed E-state index contributed by atoms with van der Waals surface area (Å²) in [4.78, 5) is 46.1. The van der Waals surface area contributed by atoms with Crippen molar-refractivity contribution in [2.24, 2.45) is 50.2 Å². The Morgan fingerprint density at radius 3 is 1.49 bits per heavy atom. The van der Waals surface area contributed by atoms with E-state index in [4.69, 9.17) is 94.7 Å². The van der Waals surface area contributed by atoms with E-state index in [0.29, 0.717) is 37.7 Å². The zero-order chi connectivity index (χ0) is 110. The minimum absolute atomic E-state index is 0.0333. The van der Waals surface area contributed by atoms with Gasteiger partial charge in [0, 0.05) is 17.4 Å². The Kier molecular flexibility index (Phi) is 38.4. The first kappa shape index (κ1) is 121. The molecule has 0 radical (unpaired) electrons. The number of carbonyl (C=O) groups excluding carboxylic acids is 3. The van der Waals surface area contributed by atoms with Gasteiger partial charge in [0.1, 0.15) is 182 Å². The molecule has 0 aromatic rings. The summed E-state index contributed by atoms with van der Waals surface area (Å²) in [6.45, 7) is 25.4. The van der Waals surface area contributed by atoms with Crippen LogP contribution < -0.4 is 0 Å². The first-order chi connectivity index (χ1) is 70.3. The van der Waals surface area contributed by atoms with Crippen LogP contribution in [0.5, 0.6) is 0 Å². The number of hydrogen-bond acceptors (Lipinski definition) is 49. The van der Waals surface area contributed by atoms with Gasteiger partial charge in [-0.2, -0.15) is 0 Å². The van der Waals surface area contributed by atoms with Crippen molar-refractivity contribution in [1.82, 2.24) is 0 Å². The highest BCUT2D eigenvalue weighted by Gasteiger charge is 2.75. The summed E-state index contributed by atoms with van der Waals surface area (Å²) in [6.07, 6.45) is -68.1. The molecule has 0 aromatic heterocycles. The van der Waals surface area contributed by atoms with E-state index < -0.39 is 397 Å². The highest BCUT2D eigenvalue weighted by atomic mass is 16.8. The Balaban J connectivity index is 0.732. The number of aliphatic hydroxyl groups excluding tert-OH is 26. The molecular formula is C101H160O49. The number of carbonyl (C=O) groups is 3. The molecule has 14 rings (SSSR count). The van der Waals surface area contributed by atoms with Crippen LogP contribution in [0.15, 0.2) is 60.3 Å². The van der Waals surface area contributed by atoms with Gasteiger partial charge in [0.15, 0.2) is 62.5 Å². The summed E-state index contributed by atoms with van der Waals surface area (Å²) in [6, 6.07) is 0. The number of fused-ring (bicyclic) bond motifs is 7. The van der Waals surface area contributed by atoms with E-state index in [1.54, 1.807) is 27.7 Å². The Morgan fingerprint density at radius 1 is 0.427 bits per heavy atom. The molecule has 13 fully saturated rings. The number of ether oxygens (including phenoxy) is 20. The summed E-state index contributed by atoms with van der Waals surface area (Å²) in [5, 5.41) is 290. The third kappa shape index (κ3) is 23.3. The Labute approximate surface area is 867 Å². The van der Waals surface area contributed by atoms with Gasteiger partial charge in [-0.1, -0.05) is 84.4 Å². The van der Waals surface area contributed by atoms with Crippen LogP contribution in [-0.4, -0.2) is 484 Å². The van der Waals surface area contributed by atoms with E-state index in [-0.39, 0.29) is 61.5 Å². The summed E-state index contributed by atoms with van der Waals surface area (Å²) in [5.74, 6) is -4.82. The zero-order valence-electron chi connectivity index (χ0n) is 86.5. The van der Waals surface area contributed by atoms with Gasteiger partial charge in [-0.15, -0.1) is 13.2 Å². The van der Waals surface area contributed by atoms with E-state index in [9.17, 15) is 138 Å². The fraction of sp³-hybridized carbons (Fsp3) is 0.871. The second-order valence-corrected chi connectivity index (χ2v) is 45.7. The third-order valence-electron chi connectivity index (χ3n) is 35.3. The first-order valence-electron chi connectivity index (χ1n) is 51.8. The van der Waals surface area contributed by atoms with Crippen molar-refractivity contribution in [2.45, 2.75) is 455 Å². The predicted molar refractivity (Wildman–Crippen MR) is 503 cm³/mol. The van der Waals surface area contributed by atoms with Gasteiger partial charge in [-0.05, 0) is 152 Å². The monoisotopic (exact) mass is 2160 g/mol. The molecule has 150 heavy (non-hydrogen) atoms. The molecule has 9 heterocycles. The van der Waals surface area contributed by atoms with Crippen LogP contribution >= 0.6 is 0 Å². The quantitative estimate of drug-likeness (QED) is 0.00922. The Bertz CT molecular complexity index is 4630. The van der Waals surface area contributed by atoms with Gasteiger partial charge >= 0.3 is 17.9 Å². The normalized spacial score (nSPS) is 49.2. The van der Waals surface area contributed by atoms with Crippen LogP contribution in [0.25, 0.3) is 0 Å². The minimum Gasteiger partial charge on any atom is -0.458 e. The minimum atomic E-state index is -2.30. The molecule has 5 aliphatic carbocycles. The van der Waals surface area contributed by atoms with Gasteiger partial charge in [0.2, 0.25) is 6.29 Å². The molecule has 858 valence electrons. The number of rotatable bonds is 35. The first-order valence-corrected chi connectivity index (χ1v) is 51.8. The highest BCUT2D eigenvalue weighted by molar-refractivity contribution is 5.89. The summed E-state index contributed by atoms with van der Waals surface area (Å²) >= 11 is 0. The van der Waals surface area contributed by atoms with Gasteiger partial charge in [0.05, 0.1) is 93.5 Å². The molecule has 0 bridgehead atoms. The van der Waals surface area contributed by atoms with Crippen LogP contribution in [0.3, 0.4) is 0 Å². The largest absolute Gasteiger partial charge is 0.458 e. The molecule has 0 aromatic carbocycles. The molecule has 9 saturated heterocycles. The molecule has 14 aliphatic rings. The highest BCUT2D eigenvalue weighted by Crippen LogP contribution is 2.77. The molecule has 49 heteroatoms. The molecule has 4 saturated carbocycles. The van der Waals surface area contributed by atoms with Crippen LogP contribution in [0.1, 0.15) is 167 Å². The Morgan fingerprint density at radius 2 is 0.893 bits per heavy atom. The number of allylic oxidation sites excluding steroid dienone is 4.